The first kappa shape index (κ1) is 23.7. The third-order valence-corrected chi connectivity index (χ3v) is 5.75. The van der Waals surface area contributed by atoms with Crippen LogP contribution in [0.25, 0.3) is 11.3 Å². The quantitative estimate of drug-likeness (QED) is 0.286. The number of phenolic OH excluding ortho intramolecular Hbond substituents is 1. The minimum Gasteiger partial charge on any atom is -0.506 e. The van der Waals surface area contributed by atoms with Gasteiger partial charge in [0.2, 0.25) is 0 Å². The van der Waals surface area contributed by atoms with Gasteiger partial charge >= 0.3 is 0 Å². The summed E-state index contributed by atoms with van der Waals surface area (Å²) >= 11 is 0. The summed E-state index contributed by atoms with van der Waals surface area (Å²) in [6.07, 6.45) is 1.68. The molecular formula is C30H25N5O2. The van der Waals surface area contributed by atoms with E-state index >= 15 is 0 Å². The number of aromatic nitrogens is 3. The van der Waals surface area contributed by atoms with Crippen LogP contribution in [0.2, 0.25) is 0 Å². The number of benzene rings is 3. The molecule has 0 saturated heterocycles. The monoisotopic (exact) mass is 487 g/mol. The van der Waals surface area contributed by atoms with Crippen LogP contribution in [0.4, 0.5) is 17.2 Å². The molecule has 5 aromatic rings. The fraction of sp³-hybridized carbons (Fsp3) is 0.0667. The molecule has 0 unspecified atom stereocenters. The number of anilines is 3. The molecule has 1 amide bonds. The lowest BCUT2D eigenvalue weighted by Crippen LogP contribution is -2.30. The van der Waals surface area contributed by atoms with Gasteiger partial charge < -0.3 is 10.4 Å². The zero-order valence-electron chi connectivity index (χ0n) is 20.2. The van der Waals surface area contributed by atoms with Crippen molar-refractivity contribution in [3.8, 4) is 17.0 Å². The lowest BCUT2D eigenvalue weighted by molar-refractivity contribution is 0.0984. The Labute approximate surface area is 215 Å². The Morgan fingerprint density at radius 1 is 0.865 bits per heavy atom. The normalized spacial score (nSPS) is 10.6. The second kappa shape index (κ2) is 10.7. The van der Waals surface area contributed by atoms with E-state index in [2.05, 4.69) is 20.3 Å². The molecule has 2 heterocycles. The number of carbonyl (C=O) groups is 1. The highest BCUT2D eigenvalue weighted by Gasteiger charge is 2.21. The molecule has 7 heteroatoms. The second-order valence-corrected chi connectivity index (χ2v) is 8.46. The summed E-state index contributed by atoms with van der Waals surface area (Å²) in [5.41, 5.74) is 4.08. The van der Waals surface area contributed by atoms with Crippen molar-refractivity contribution in [2.45, 2.75) is 13.5 Å². The number of nitrogens with zero attached hydrogens (tertiary/aromatic N) is 4. The van der Waals surface area contributed by atoms with Gasteiger partial charge in [0.15, 0.2) is 0 Å². The van der Waals surface area contributed by atoms with Gasteiger partial charge in [-0.1, -0.05) is 54.6 Å². The van der Waals surface area contributed by atoms with Crippen molar-refractivity contribution in [2.75, 3.05) is 10.2 Å². The fourth-order valence-electron chi connectivity index (χ4n) is 4.03. The summed E-state index contributed by atoms with van der Waals surface area (Å²) in [5, 5.41) is 13.8. The first-order valence-electron chi connectivity index (χ1n) is 11.8. The predicted octanol–water partition coefficient (Wildman–Crippen LogP) is 6.14. The van der Waals surface area contributed by atoms with Gasteiger partial charge in [-0.25, -0.2) is 9.97 Å². The molecule has 0 radical (unpaired) electrons. The molecule has 0 aliphatic heterocycles. The van der Waals surface area contributed by atoms with Crippen molar-refractivity contribution < 1.29 is 9.90 Å². The highest BCUT2D eigenvalue weighted by Crippen LogP contribution is 2.30. The number of rotatable bonds is 7. The minimum atomic E-state index is -0.264. The number of pyridine rings is 1. The van der Waals surface area contributed by atoms with Crippen LogP contribution in [0, 0.1) is 6.92 Å². The van der Waals surface area contributed by atoms with Gasteiger partial charge in [0.25, 0.3) is 5.91 Å². The SMILES string of the molecule is Cc1nc(Nc2cccc(C(=O)N(Cc3ccccn3)c3ccccc3O)c2)cc(-c2ccccc2)n1. The van der Waals surface area contributed by atoms with E-state index in [0.29, 0.717) is 34.3 Å². The van der Waals surface area contributed by atoms with Crippen molar-refractivity contribution in [2.24, 2.45) is 0 Å². The summed E-state index contributed by atoms with van der Waals surface area (Å²) < 4.78 is 0. The second-order valence-electron chi connectivity index (χ2n) is 8.46. The maximum Gasteiger partial charge on any atom is 0.258 e. The van der Waals surface area contributed by atoms with E-state index < -0.39 is 0 Å². The average Bonchev–Trinajstić information content (AvgIpc) is 2.93. The molecule has 5 rings (SSSR count). The molecule has 7 nitrogen and oxygen atoms in total. The lowest BCUT2D eigenvalue weighted by Gasteiger charge is -2.24. The molecule has 0 saturated carbocycles. The summed E-state index contributed by atoms with van der Waals surface area (Å²) in [5.74, 6) is 1.02. The van der Waals surface area contributed by atoms with E-state index in [4.69, 9.17) is 0 Å². The molecule has 3 aromatic carbocycles. The van der Waals surface area contributed by atoms with Crippen molar-refractivity contribution in [3.05, 3.63) is 126 Å². The zero-order valence-corrected chi connectivity index (χ0v) is 20.2. The van der Waals surface area contributed by atoms with Crippen molar-refractivity contribution in [3.63, 3.8) is 0 Å². The van der Waals surface area contributed by atoms with Gasteiger partial charge in [0, 0.05) is 29.1 Å². The number of aryl methyl sites for hydroxylation is 1. The molecule has 182 valence electrons. The highest BCUT2D eigenvalue weighted by atomic mass is 16.3. The molecule has 0 aliphatic rings. The highest BCUT2D eigenvalue weighted by molar-refractivity contribution is 6.07. The van der Waals surface area contributed by atoms with Crippen LogP contribution in [-0.4, -0.2) is 26.0 Å². The molecule has 2 aromatic heterocycles. The van der Waals surface area contributed by atoms with Gasteiger partial charge in [-0.3, -0.25) is 14.7 Å². The Balaban J connectivity index is 1.45. The first-order valence-corrected chi connectivity index (χ1v) is 11.8. The molecule has 0 fully saturated rings. The Hall–Kier alpha value is -5.04. The summed E-state index contributed by atoms with van der Waals surface area (Å²) in [4.78, 5) is 28.7. The zero-order chi connectivity index (χ0) is 25.6. The van der Waals surface area contributed by atoms with Gasteiger partial charge in [0.05, 0.1) is 23.6 Å². The van der Waals surface area contributed by atoms with Gasteiger partial charge in [0.1, 0.15) is 17.4 Å². The molecule has 0 aliphatic carbocycles. The Morgan fingerprint density at radius 2 is 1.65 bits per heavy atom. The van der Waals surface area contributed by atoms with Crippen LogP contribution >= 0.6 is 0 Å². The number of carbonyl (C=O) groups excluding carboxylic acids is 1. The number of hydrogen-bond acceptors (Lipinski definition) is 6. The number of phenols is 1. The Bertz CT molecular complexity index is 1520. The topological polar surface area (TPSA) is 91.2 Å². The number of aromatic hydroxyl groups is 1. The van der Waals surface area contributed by atoms with Crippen molar-refractivity contribution in [1.29, 1.82) is 0 Å². The molecule has 37 heavy (non-hydrogen) atoms. The van der Waals surface area contributed by atoms with Crippen LogP contribution in [0.5, 0.6) is 5.75 Å². The smallest absolute Gasteiger partial charge is 0.258 e. The molecular weight excluding hydrogens is 462 g/mol. The van der Waals surface area contributed by atoms with E-state index in [1.165, 1.54) is 4.90 Å². The van der Waals surface area contributed by atoms with E-state index in [9.17, 15) is 9.90 Å². The number of hydrogen-bond donors (Lipinski definition) is 2. The minimum absolute atomic E-state index is 0.0194. The molecule has 0 atom stereocenters. The maximum atomic E-state index is 13.7. The summed E-state index contributed by atoms with van der Waals surface area (Å²) in [6.45, 7) is 2.06. The standard InChI is InChI=1S/C30H25N5O2/c1-21-32-26(22-10-3-2-4-11-22)19-29(33-21)34-24-14-9-12-23(18-24)30(37)35(20-25-13-7-8-17-31-25)27-15-5-6-16-28(27)36/h2-19,36H,20H2,1H3,(H,32,33,34). The van der Waals surface area contributed by atoms with E-state index in [1.54, 1.807) is 42.6 Å². The van der Waals surface area contributed by atoms with Crippen LogP contribution in [0.1, 0.15) is 21.9 Å². The van der Waals surface area contributed by atoms with Crippen LogP contribution in [0.3, 0.4) is 0 Å². The number of para-hydroxylation sites is 2. The van der Waals surface area contributed by atoms with Gasteiger partial charge in [-0.05, 0) is 49.4 Å². The van der Waals surface area contributed by atoms with Crippen LogP contribution < -0.4 is 10.2 Å². The van der Waals surface area contributed by atoms with Crippen LogP contribution in [-0.2, 0) is 6.54 Å². The van der Waals surface area contributed by atoms with E-state index in [0.717, 1.165) is 11.3 Å². The summed E-state index contributed by atoms with van der Waals surface area (Å²) in [6, 6.07) is 31.3. The largest absolute Gasteiger partial charge is 0.506 e. The Kier molecular flexibility index (Phi) is 6.85. The van der Waals surface area contributed by atoms with Gasteiger partial charge in [-0.2, -0.15) is 0 Å². The fourth-order valence-corrected chi connectivity index (χ4v) is 4.03. The molecule has 2 N–H and O–H groups in total. The predicted molar refractivity (Wildman–Crippen MR) is 145 cm³/mol. The van der Waals surface area contributed by atoms with Crippen molar-refractivity contribution >= 4 is 23.1 Å². The summed E-state index contributed by atoms with van der Waals surface area (Å²) in [7, 11) is 0. The third-order valence-electron chi connectivity index (χ3n) is 5.75. The first-order chi connectivity index (χ1) is 18.1. The molecule has 0 bridgehead atoms. The average molecular weight is 488 g/mol. The number of nitrogens with one attached hydrogen (secondary N) is 1. The Morgan fingerprint density at radius 3 is 2.43 bits per heavy atom. The van der Waals surface area contributed by atoms with E-state index in [-0.39, 0.29) is 18.2 Å². The van der Waals surface area contributed by atoms with Gasteiger partial charge in [-0.15, -0.1) is 0 Å². The third kappa shape index (κ3) is 5.62. The van der Waals surface area contributed by atoms with Crippen molar-refractivity contribution in [1.82, 2.24) is 15.0 Å². The maximum absolute atomic E-state index is 13.7. The van der Waals surface area contributed by atoms with E-state index in [1.807, 2.05) is 73.7 Å². The van der Waals surface area contributed by atoms with Crippen LogP contribution in [0.15, 0.2) is 109 Å². The molecule has 0 spiro atoms. The lowest BCUT2D eigenvalue weighted by atomic mass is 10.1. The number of amides is 1.